The normalized spacial score (nSPS) is 21.7. The minimum atomic E-state index is -0.991. The van der Waals surface area contributed by atoms with Gasteiger partial charge in [0, 0.05) is 11.5 Å². The molecule has 0 fully saturated rings. The lowest BCUT2D eigenvalue weighted by Crippen LogP contribution is -2.26. The molecule has 2 heterocycles. The number of carboxylic acid groups (broad SMARTS) is 1. The number of nitrogens with zero attached hydrogens (tertiary/aromatic N) is 2. The molecule has 1 aromatic carbocycles. The topological polar surface area (TPSA) is 88.2 Å². The molecule has 1 aromatic heterocycles. The fourth-order valence-electron chi connectivity index (χ4n) is 2.72. The third-order valence-electron chi connectivity index (χ3n) is 3.87. The number of carboxylic acids is 1. The van der Waals surface area contributed by atoms with Crippen LogP contribution < -0.4 is 5.32 Å². The van der Waals surface area contributed by atoms with Crippen molar-refractivity contribution in [3.63, 3.8) is 0 Å². The Morgan fingerprint density at radius 2 is 2.00 bits per heavy atom. The second-order valence-corrected chi connectivity index (χ2v) is 5.40. The summed E-state index contributed by atoms with van der Waals surface area (Å²) in [6.45, 7) is 0. The summed E-state index contributed by atoms with van der Waals surface area (Å²) < 4.78 is 5.70. The summed E-state index contributed by atoms with van der Waals surface area (Å²) in [4.78, 5) is 11.0. The number of allylic oxidation sites excluding steroid dienone is 2. The van der Waals surface area contributed by atoms with Crippen molar-refractivity contribution in [2.24, 2.45) is 5.92 Å². The third-order valence-corrected chi connectivity index (χ3v) is 3.87. The van der Waals surface area contributed by atoms with Crippen LogP contribution in [0.15, 0.2) is 59.1 Å². The van der Waals surface area contributed by atoms with Gasteiger partial charge < -0.3 is 14.8 Å². The molecule has 0 radical (unpaired) electrons. The number of carbonyl (C=O) groups is 1. The zero-order valence-corrected chi connectivity index (χ0v) is 12.0. The third kappa shape index (κ3) is 2.44. The average Bonchev–Trinajstić information content (AvgIpc) is 3.21. The molecule has 0 saturated carbocycles. The van der Waals surface area contributed by atoms with Crippen LogP contribution in [0.2, 0.25) is 0 Å². The van der Waals surface area contributed by atoms with Crippen molar-refractivity contribution in [2.45, 2.75) is 6.04 Å². The highest BCUT2D eigenvalue weighted by molar-refractivity contribution is 5.88. The Labute approximate surface area is 131 Å². The van der Waals surface area contributed by atoms with Crippen LogP contribution in [0.3, 0.4) is 0 Å². The Morgan fingerprint density at radius 1 is 1.17 bits per heavy atom. The molecule has 2 N–H and O–H groups in total. The molecule has 0 spiro atoms. The highest BCUT2D eigenvalue weighted by Crippen LogP contribution is 2.29. The van der Waals surface area contributed by atoms with E-state index in [0.717, 1.165) is 5.70 Å². The molecule has 2 aromatic rings. The van der Waals surface area contributed by atoms with Crippen LogP contribution in [-0.2, 0) is 0 Å². The summed E-state index contributed by atoms with van der Waals surface area (Å²) in [6, 6.07) is 6.64. The lowest BCUT2D eigenvalue weighted by molar-refractivity contribution is 0.0697. The van der Waals surface area contributed by atoms with Gasteiger partial charge in [-0.15, -0.1) is 10.2 Å². The molecule has 2 unspecified atom stereocenters. The lowest BCUT2D eigenvalue weighted by Gasteiger charge is -2.15. The van der Waals surface area contributed by atoms with E-state index >= 15 is 0 Å². The fourth-order valence-corrected chi connectivity index (χ4v) is 2.72. The summed E-state index contributed by atoms with van der Waals surface area (Å²) in [5.41, 5.74) is 1.56. The number of benzene rings is 1. The van der Waals surface area contributed by atoms with Crippen LogP contribution in [0.4, 0.5) is 0 Å². The Hall–Kier alpha value is -3.15. The van der Waals surface area contributed by atoms with Gasteiger partial charge in [0.2, 0.25) is 5.89 Å². The summed E-state index contributed by atoms with van der Waals surface area (Å²) >= 11 is 0. The van der Waals surface area contributed by atoms with Crippen molar-refractivity contribution in [1.29, 1.82) is 0 Å². The van der Waals surface area contributed by atoms with Gasteiger partial charge >= 0.3 is 5.97 Å². The first-order valence-corrected chi connectivity index (χ1v) is 7.22. The van der Waals surface area contributed by atoms with E-state index in [1.807, 2.05) is 12.2 Å². The SMILES string of the molecule is O=C(O)c1cccc(-c2nnc(C3=CC4C=CC=CC4N3)o2)c1. The highest BCUT2D eigenvalue weighted by Gasteiger charge is 2.27. The number of hydrogen-bond acceptors (Lipinski definition) is 5. The van der Waals surface area contributed by atoms with Crippen molar-refractivity contribution in [3.8, 4) is 11.5 Å². The van der Waals surface area contributed by atoms with E-state index in [9.17, 15) is 4.79 Å². The van der Waals surface area contributed by atoms with Crippen molar-refractivity contribution >= 4 is 11.7 Å². The fraction of sp³-hybridized carbons (Fsp3) is 0.118. The molecule has 114 valence electrons. The first kappa shape index (κ1) is 13.5. The summed E-state index contributed by atoms with van der Waals surface area (Å²) in [6.07, 6.45) is 10.3. The molecule has 1 aliphatic carbocycles. The van der Waals surface area contributed by atoms with Crippen LogP contribution in [0.25, 0.3) is 17.2 Å². The Morgan fingerprint density at radius 3 is 2.83 bits per heavy atom. The van der Waals surface area contributed by atoms with Crippen LogP contribution >= 0.6 is 0 Å². The number of aromatic carboxylic acids is 1. The number of aromatic nitrogens is 2. The largest absolute Gasteiger partial charge is 0.478 e. The summed E-state index contributed by atoms with van der Waals surface area (Å²) in [5.74, 6) is -0.0150. The number of nitrogens with one attached hydrogen (secondary N) is 1. The predicted octanol–water partition coefficient (Wildman–Crippen LogP) is 2.49. The molecule has 23 heavy (non-hydrogen) atoms. The second kappa shape index (κ2) is 5.24. The van der Waals surface area contributed by atoms with E-state index in [1.165, 1.54) is 12.1 Å². The average molecular weight is 307 g/mol. The molecule has 2 aliphatic rings. The first-order valence-electron chi connectivity index (χ1n) is 7.22. The van der Waals surface area contributed by atoms with Gasteiger partial charge in [0.25, 0.3) is 5.89 Å². The van der Waals surface area contributed by atoms with E-state index in [1.54, 1.807) is 12.1 Å². The molecule has 4 rings (SSSR count). The molecular formula is C17H13N3O3. The van der Waals surface area contributed by atoms with Crippen molar-refractivity contribution in [2.75, 3.05) is 0 Å². The zero-order valence-electron chi connectivity index (χ0n) is 12.0. The van der Waals surface area contributed by atoms with E-state index < -0.39 is 5.97 Å². The highest BCUT2D eigenvalue weighted by atomic mass is 16.4. The van der Waals surface area contributed by atoms with Crippen LogP contribution in [-0.4, -0.2) is 27.3 Å². The number of fused-ring (bicyclic) bond motifs is 1. The van der Waals surface area contributed by atoms with E-state index in [2.05, 4.69) is 33.7 Å². The van der Waals surface area contributed by atoms with E-state index in [-0.39, 0.29) is 17.5 Å². The van der Waals surface area contributed by atoms with Crippen LogP contribution in [0.5, 0.6) is 0 Å². The Bertz CT molecular complexity index is 863. The molecule has 0 bridgehead atoms. The molecular weight excluding hydrogens is 294 g/mol. The molecule has 6 heteroatoms. The van der Waals surface area contributed by atoms with Gasteiger partial charge in [-0.3, -0.25) is 0 Å². The first-order chi connectivity index (χ1) is 11.2. The van der Waals surface area contributed by atoms with Crippen LogP contribution in [0.1, 0.15) is 16.2 Å². The number of hydrogen-bond donors (Lipinski definition) is 2. The maximum absolute atomic E-state index is 11.0. The minimum Gasteiger partial charge on any atom is -0.478 e. The van der Waals surface area contributed by atoms with Crippen molar-refractivity contribution in [3.05, 3.63) is 66.1 Å². The predicted molar refractivity (Wildman–Crippen MR) is 83.4 cm³/mol. The Balaban J connectivity index is 1.63. The second-order valence-electron chi connectivity index (χ2n) is 5.40. The van der Waals surface area contributed by atoms with Gasteiger partial charge in [-0.2, -0.15) is 0 Å². The summed E-state index contributed by atoms with van der Waals surface area (Å²) in [7, 11) is 0. The molecule has 0 saturated heterocycles. The standard InChI is InChI=1S/C17H13N3O3/c21-17(22)12-6-3-5-11(8-12)15-19-20-16(23-15)14-9-10-4-1-2-7-13(10)18-14/h1-10,13,18H,(H,21,22). The van der Waals surface area contributed by atoms with E-state index in [0.29, 0.717) is 17.3 Å². The zero-order chi connectivity index (χ0) is 15.8. The summed E-state index contributed by atoms with van der Waals surface area (Å²) in [5, 5.41) is 20.5. The van der Waals surface area contributed by atoms with Crippen molar-refractivity contribution < 1.29 is 14.3 Å². The van der Waals surface area contributed by atoms with Gasteiger partial charge in [0.05, 0.1) is 17.3 Å². The van der Waals surface area contributed by atoms with Gasteiger partial charge in [0.1, 0.15) is 0 Å². The molecule has 0 amide bonds. The van der Waals surface area contributed by atoms with Gasteiger partial charge in [-0.05, 0) is 24.3 Å². The van der Waals surface area contributed by atoms with Gasteiger partial charge in [-0.25, -0.2) is 4.79 Å². The molecule has 2 atom stereocenters. The van der Waals surface area contributed by atoms with E-state index in [4.69, 9.17) is 9.52 Å². The molecule has 1 aliphatic heterocycles. The number of rotatable bonds is 3. The molecule has 6 nitrogen and oxygen atoms in total. The van der Waals surface area contributed by atoms with Crippen LogP contribution in [0, 0.1) is 5.92 Å². The lowest BCUT2D eigenvalue weighted by atomic mass is 9.98. The maximum Gasteiger partial charge on any atom is 0.335 e. The smallest absolute Gasteiger partial charge is 0.335 e. The maximum atomic E-state index is 11.0. The Kier molecular flexibility index (Phi) is 3.08. The monoisotopic (exact) mass is 307 g/mol. The van der Waals surface area contributed by atoms with Gasteiger partial charge in [0.15, 0.2) is 0 Å². The quantitative estimate of drug-likeness (QED) is 0.905. The minimum absolute atomic E-state index is 0.182. The van der Waals surface area contributed by atoms with Gasteiger partial charge in [-0.1, -0.05) is 30.4 Å². The van der Waals surface area contributed by atoms with Crippen molar-refractivity contribution in [1.82, 2.24) is 15.5 Å².